The number of carbonyl (C=O) groups is 2. The number of halogens is 1. The second-order valence-electron chi connectivity index (χ2n) is 10.6. The maximum absolute atomic E-state index is 13.9. The number of amides is 2. The van der Waals surface area contributed by atoms with Crippen molar-refractivity contribution in [1.29, 1.82) is 0 Å². The Morgan fingerprint density at radius 3 is 2.29 bits per heavy atom. The van der Waals surface area contributed by atoms with Gasteiger partial charge in [0, 0.05) is 31.2 Å². The first-order valence-electron chi connectivity index (χ1n) is 13.2. The lowest BCUT2D eigenvalue weighted by atomic mass is 9.59. The summed E-state index contributed by atoms with van der Waals surface area (Å²) in [4.78, 5) is 30.7. The number of nitrogens with one attached hydrogen (secondary N) is 1. The van der Waals surface area contributed by atoms with Crippen molar-refractivity contribution in [2.24, 2.45) is 5.41 Å². The van der Waals surface area contributed by atoms with Gasteiger partial charge in [0.15, 0.2) is 11.6 Å². The van der Waals surface area contributed by atoms with Gasteiger partial charge in [-0.15, -0.1) is 0 Å². The van der Waals surface area contributed by atoms with E-state index in [9.17, 15) is 19.1 Å². The van der Waals surface area contributed by atoms with Crippen molar-refractivity contribution in [2.75, 3.05) is 20.1 Å². The Hall–Kier alpha value is -3.71. The van der Waals surface area contributed by atoms with E-state index in [1.165, 1.54) is 12.1 Å². The lowest BCUT2D eigenvalue weighted by Gasteiger charge is -2.54. The second kappa shape index (κ2) is 11.0. The van der Waals surface area contributed by atoms with Gasteiger partial charge in [0.05, 0.1) is 0 Å². The number of phenols is 1. The summed E-state index contributed by atoms with van der Waals surface area (Å²) in [5.74, 6) is -1.51. The number of nitrogens with zero attached hydrogens (tertiary/aromatic N) is 2. The van der Waals surface area contributed by atoms with Gasteiger partial charge in [0.25, 0.3) is 5.91 Å². The second-order valence-corrected chi connectivity index (χ2v) is 10.6. The zero-order valence-corrected chi connectivity index (χ0v) is 21.6. The van der Waals surface area contributed by atoms with Crippen molar-refractivity contribution in [1.82, 2.24) is 15.1 Å². The molecule has 2 atom stereocenters. The molecular weight excluding hydrogens is 481 g/mol. The molecule has 1 saturated carbocycles. The van der Waals surface area contributed by atoms with Crippen LogP contribution in [0, 0.1) is 11.2 Å². The molecule has 1 heterocycles. The predicted octanol–water partition coefficient (Wildman–Crippen LogP) is 4.91. The molecule has 2 fully saturated rings. The summed E-state index contributed by atoms with van der Waals surface area (Å²) in [5, 5.41) is 12.5. The molecule has 1 saturated heterocycles. The molecule has 38 heavy (non-hydrogen) atoms. The van der Waals surface area contributed by atoms with E-state index >= 15 is 0 Å². The zero-order valence-electron chi connectivity index (χ0n) is 21.6. The lowest BCUT2D eigenvalue weighted by molar-refractivity contribution is -0.141. The molecular formula is C31H34FN3O3. The molecule has 1 aliphatic heterocycles. The number of phenolic OH excluding ortho intramolecular Hbond substituents is 1. The highest BCUT2D eigenvalue weighted by Crippen LogP contribution is 2.49. The van der Waals surface area contributed by atoms with E-state index in [4.69, 9.17) is 0 Å². The molecule has 7 heteroatoms. The Balaban J connectivity index is 1.25. The van der Waals surface area contributed by atoms with Crippen LogP contribution in [0.15, 0.2) is 78.9 Å². The first kappa shape index (κ1) is 25.9. The predicted molar refractivity (Wildman–Crippen MR) is 144 cm³/mol. The fourth-order valence-electron chi connectivity index (χ4n) is 5.94. The molecule has 0 radical (unpaired) electrons. The van der Waals surface area contributed by atoms with Crippen LogP contribution in [-0.2, 0) is 11.3 Å². The smallest absolute Gasteiger partial charge is 0.251 e. The monoisotopic (exact) mass is 515 g/mol. The highest BCUT2D eigenvalue weighted by Gasteiger charge is 2.49. The molecule has 1 aliphatic carbocycles. The third kappa shape index (κ3) is 5.29. The topological polar surface area (TPSA) is 72.9 Å². The van der Waals surface area contributed by atoms with Crippen LogP contribution in [0.2, 0.25) is 0 Å². The minimum absolute atomic E-state index is 0.00482. The first-order chi connectivity index (χ1) is 18.4. The summed E-state index contributed by atoms with van der Waals surface area (Å²) in [6.07, 6.45) is 3.50. The molecule has 3 aromatic rings. The number of rotatable bonds is 7. The standard InChI is InChI=1S/C31H34FN3O3/c1-34(21-22-8-4-2-5-9-22)28(23-10-6-3-7-11-23)30(38)35-18-16-31(17-19-35)15-14-27(31)33-29(37)24-12-13-26(36)25(32)20-24/h2-13,20,27-28,36H,14-19,21H2,1H3,(H,33,37). The van der Waals surface area contributed by atoms with Crippen LogP contribution in [0.3, 0.4) is 0 Å². The maximum Gasteiger partial charge on any atom is 0.251 e. The van der Waals surface area contributed by atoms with Crippen LogP contribution in [-0.4, -0.2) is 52.9 Å². The fraction of sp³-hybridized carbons (Fsp3) is 0.355. The van der Waals surface area contributed by atoms with Gasteiger partial charge in [-0.3, -0.25) is 14.5 Å². The molecule has 198 valence electrons. The van der Waals surface area contributed by atoms with Gasteiger partial charge in [-0.2, -0.15) is 0 Å². The van der Waals surface area contributed by atoms with E-state index in [0.717, 1.165) is 42.9 Å². The van der Waals surface area contributed by atoms with Crippen molar-refractivity contribution < 1.29 is 19.1 Å². The first-order valence-corrected chi connectivity index (χ1v) is 13.2. The van der Waals surface area contributed by atoms with Crippen LogP contribution in [0.4, 0.5) is 4.39 Å². The Bertz CT molecular complexity index is 1280. The largest absolute Gasteiger partial charge is 0.505 e. The average Bonchev–Trinajstić information content (AvgIpc) is 2.93. The highest BCUT2D eigenvalue weighted by molar-refractivity contribution is 5.94. The van der Waals surface area contributed by atoms with E-state index in [-0.39, 0.29) is 34.9 Å². The maximum atomic E-state index is 13.9. The van der Waals surface area contributed by atoms with E-state index in [1.54, 1.807) is 0 Å². The van der Waals surface area contributed by atoms with Crippen molar-refractivity contribution in [3.05, 3.63) is 101 Å². The minimum Gasteiger partial charge on any atom is -0.505 e. The minimum atomic E-state index is -0.807. The van der Waals surface area contributed by atoms with Crippen LogP contribution in [0.25, 0.3) is 0 Å². The summed E-state index contributed by atoms with van der Waals surface area (Å²) >= 11 is 0. The van der Waals surface area contributed by atoms with Gasteiger partial charge < -0.3 is 15.3 Å². The Labute approximate surface area is 223 Å². The van der Waals surface area contributed by atoms with Crippen molar-refractivity contribution in [2.45, 2.75) is 44.3 Å². The van der Waals surface area contributed by atoms with Crippen molar-refractivity contribution in [3.63, 3.8) is 0 Å². The summed E-state index contributed by atoms with van der Waals surface area (Å²) < 4.78 is 13.7. The molecule has 0 aromatic heterocycles. The summed E-state index contributed by atoms with van der Waals surface area (Å²) in [6, 6.07) is 23.4. The number of hydrogen-bond acceptors (Lipinski definition) is 4. The molecule has 6 nitrogen and oxygen atoms in total. The number of likely N-dealkylation sites (N-methyl/N-ethyl adjacent to an activating group) is 1. The quantitative estimate of drug-likeness (QED) is 0.469. The lowest BCUT2D eigenvalue weighted by Crippen LogP contribution is -2.60. The SMILES string of the molecule is CN(Cc1ccccc1)C(C(=O)N1CCC2(CCC2NC(=O)c2ccc(O)c(F)c2)CC1)c1ccccc1. The number of carbonyl (C=O) groups excluding carboxylic acids is 2. The van der Waals surface area contributed by atoms with Gasteiger partial charge in [-0.25, -0.2) is 4.39 Å². The van der Waals surface area contributed by atoms with E-state index in [1.807, 2.05) is 60.5 Å². The van der Waals surface area contributed by atoms with Crippen LogP contribution in [0.1, 0.15) is 53.2 Å². The van der Waals surface area contributed by atoms with Crippen LogP contribution >= 0.6 is 0 Å². The molecule has 0 bridgehead atoms. The van der Waals surface area contributed by atoms with E-state index in [0.29, 0.717) is 19.6 Å². The number of hydrogen-bond donors (Lipinski definition) is 2. The Kier molecular flexibility index (Phi) is 7.47. The van der Waals surface area contributed by atoms with Gasteiger partial charge in [-0.1, -0.05) is 60.7 Å². The third-order valence-corrected chi connectivity index (χ3v) is 8.32. The van der Waals surface area contributed by atoms with Crippen LogP contribution in [0.5, 0.6) is 5.75 Å². The number of piperidine rings is 1. The molecule has 3 aromatic carbocycles. The van der Waals surface area contributed by atoms with Gasteiger partial charge >= 0.3 is 0 Å². The van der Waals surface area contributed by atoms with E-state index in [2.05, 4.69) is 22.3 Å². The molecule has 2 unspecified atom stereocenters. The summed E-state index contributed by atoms with van der Waals surface area (Å²) in [7, 11) is 2.00. The fourth-order valence-corrected chi connectivity index (χ4v) is 5.94. The van der Waals surface area contributed by atoms with Crippen molar-refractivity contribution >= 4 is 11.8 Å². The molecule has 2 N–H and O–H groups in total. The molecule has 5 rings (SSSR count). The van der Waals surface area contributed by atoms with E-state index < -0.39 is 11.6 Å². The van der Waals surface area contributed by atoms with Gasteiger partial charge in [-0.05, 0) is 67.5 Å². The summed E-state index contributed by atoms with van der Waals surface area (Å²) in [6.45, 7) is 1.94. The third-order valence-electron chi connectivity index (χ3n) is 8.32. The molecule has 1 spiro atoms. The summed E-state index contributed by atoms with van der Waals surface area (Å²) in [5.41, 5.74) is 2.29. The molecule has 2 aliphatic rings. The number of likely N-dealkylation sites (tertiary alicyclic amines) is 1. The van der Waals surface area contributed by atoms with Crippen molar-refractivity contribution in [3.8, 4) is 5.75 Å². The average molecular weight is 516 g/mol. The zero-order chi connectivity index (χ0) is 26.7. The Morgan fingerprint density at radius 1 is 1.03 bits per heavy atom. The van der Waals surface area contributed by atoms with Gasteiger partial charge in [0.2, 0.25) is 5.91 Å². The highest BCUT2D eigenvalue weighted by atomic mass is 19.1. The van der Waals surface area contributed by atoms with Crippen LogP contribution < -0.4 is 5.32 Å². The normalized spacial score (nSPS) is 19.1. The number of aromatic hydroxyl groups is 1. The Morgan fingerprint density at radius 2 is 1.68 bits per heavy atom. The van der Waals surface area contributed by atoms with Gasteiger partial charge in [0.1, 0.15) is 6.04 Å². The molecule has 2 amide bonds. The number of benzene rings is 3.